The number of aliphatic hydroxyl groups excluding tert-OH is 1. The molecule has 20 heavy (non-hydrogen) atoms. The lowest BCUT2D eigenvalue weighted by Gasteiger charge is -2.16. The third-order valence-corrected chi connectivity index (χ3v) is 3.32. The molecule has 4 nitrogen and oxygen atoms in total. The van der Waals surface area contributed by atoms with Gasteiger partial charge in [-0.1, -0.05) is 32.4 Å². The standard InChI is InChI=1S/C15H19ClN2O2/c1-15(2,3)13-12(9-19)14(20-4)18(17-13)11-7-5-10(16)6-8-11/h5-8,19H,9H2,1-4H3. The van der Waals surface area contributed by atoms with Crippen molar-refractivity contribution in [3.8, 4) is 11.6 Å². The van der Waals surface area contributed by atoms with Gasteiger partial charge in [-0.25, -0.2) is 4.68 Å². The van der Waals surface area contributed by atoms with Gasteiger partial charge in [0.05, 0.1) is 30.7 Å². The van der Waals surface area contributed by atoms with Gasteiger partial charge in [-0.3, -0.25) is 0 Å². The molecular formula is C15H19ClN2O2. The van der Waals surface area contributed by atoms with E-state index in [-0.39, 0.29) is 12.0 Å². The third kappa shape index (κ3) is 2.67. The summed E-state index contributed by atoms with van der Waals surface area (Å²) in [5.41, 5.74) is 2.21. The number of halogens is 1. The fraction of sp³-hybridized carbons (Fsp3) is 0.400. The van der Waals surface area contributed by atoms with E-state index in [9.17, 15) is 5.11 Å². The molecule has 0 saturated carbocycles. The van der Waals surface area contributed by atoms with Gasteiger partial charge in [0.2, 0.25) is 5.88 Å². The molecule has 0 fully saturated rings. The van der Waals surface area contributed by atoms with Crippen molar-refractivity contribution in [3.05, 3.63) is 40.5 Å². The summed E-state index contributed by atoms with van der Waals surface area (Å²) in [6.07, 6.45) is 0. The normalized spacial score (nSPS) is 11.7. The molecule has 1 heterocycles. The average Bonchev–Trinajstić information content (AvgIpc) is 2.77. The molecule has 5 heteroatoms. The molecule has 1 aromatic carbocycles. The SMILES string of the molecule is COc1c(CO)c(C(C)(C)C)nn1-c1ccc(Cl)cc1. The van der Waals surface area contributed by atoms with Crippen molar-refractivity contribution in [2.75, 3.05) is 7.11 Å². The number of hydrogen-bond donors (Lipinski definition) is 1. The quantitative estimate of drug-likeness (QED) is 0.944. The van der Waals surface area contributed by atoms with Crippen molar-refractivity contribution in [2.24, 2.45) is 0 Å². The average molecular weight is 295 g/mol. The second-order valence-electron chi connectivity index (χ2n) is 5.63. The highest BCUT2D eigenvalue weighted by molar-refractivity contribution is 6.30. The van der Waals surface area contributed by atoms with E-state index in [0.29, 0.717) is 10.9 Å². The molecule has 0 aliphatic carbocycles. The zero-order valence-corrected chi connectivity index (χ0v) is 12.9. The lowest BCUT2D eigenvalue weighted by molar-refractivity contribution is 0.269. The van der Waals surface area contributed by atoms with Crippen molar-refractivity contribution < 1.29 is 9.84 Å². The number of nitrogens with zero attached hydrogens (tertiary/aromatic N) is 2. The Morgan fingerprint density at radius 1 is 1.25 bits per heavy atom. The van der Waals surface area contributed by atoms with Crippen LogP contribution in [0.3, 0.4) is 0 Å². The molecule has 0 aliphatic rings. The Kier molecular flexibility index (Phi) is 4.06. The first-order valence-electron chi connectivity index (χ1n) is 6.41. The van der Waals surface area contributed by atoms with Crippen LogP contribution in [-0.2, 0) is 12.0 Å². The van der Waals surface area contributed by atoms with E-state index in [1.165, 1.54) is 0 Å². The largest absolute Gasteiger partial charge is 0.481 e. The summed E-state index contributed by atoms with van der Waals surface area (Å²) in [5.74, 6) is 0.555. The Balaban J connectivity index is 2.64. The number of benzene rings is 1. The van der Waals surface area contributed by atoms with E-state index in [0.717, 1.165) is 16.9 Å². The number of methoxy groups -OCH3 is 1. The highest BCUT2D eigenvalue weighted by atomic mass is 35.5. The Morgan fingerprint density at radius 2 is 1.85 bits per heavy atom. The van der Waals surface area contributed by atoms with Crippen LogP contribution in [0.25, 0.3) is 5.69 Å². The summed E-state index contributed by atoms with van der Waals surface area (Å²) in [5, 5.41) is 14.9. The minimum Gasteiger partial charge on any atom is -0.481 e. The van der Waals surface area contributed by atoms with Crippen LogP contribution in [0.2, 0.25) is 5.02 Å². The molecule has 1 aromatic heterocycles. The van der Waals surface area contributed by atoms with E-state index in [1.807, 2.05) is 12.1 Å². The first-order chi connectivity index (χ1) is 9.38. The van der Waals surface area contributed by atoms with Gasteiger partial charge >= 0.3 is 0 Å². The molecule has 0 saturated heterocycles. The molecule has 2 rings (SSSR count). The van der Waals surface area contributed by atoms with Crippen LogP contribution < -0.4 is 4.74 Å². The first-order valence-corrected chi connectivity index (χ1v) is 6.79. The Hall–Kier alpha value is -1.52. The van der Waals surface area contributed by atoms with Gasteiger partial charge in [0.15, 0.2) is 0 Å². The predicted octanol–water partition coefficient (Wildman–Crippen LogP) is 3.32. The van der Waals surface area contributed by atoms with Crippen LogP contribution >= 0.6 is 11.6 Å². The van der Waals surface area contributed by atoms with Gasteiger partial charge in [-0.2, -0.15) is 5.10 Å². The highest BCUT2D eigenvalue weighted by Crippen LogP contribution is 2.33. The van der Waals surface area contributed by atoms with Gasteiger partial charge in [-0.15, -0.1) is 0 Å². The van der Waals surface area contributed by atoms with Crippen LogP contribution in [0.5, 0.6) is 5.88 Å². The summed E-state index contributed by atoms with van der Waals surface area (Å²) in [4.78, 5) is 0. The van der Waals surface area contributed by atoms with Crippen molar-refractivity contribution in [1.29, 1.82) is 0 Å². The molecule has 0 spiro atoms. The molecule has 1 N–H and O–H groups in total. The molecule has 0 aliphatic heterocycles. The number of hydrogen-bond acceptors (Lipinski definition) is 3. The lowest BCUT2D eigenvalue weighted by atomic mass is 9.89. The second kappa shape index (κ2) is 5.46. The Bertz CT molecular complexity index is 598. The molecule has 2 aromatic rings. The van der Waals surface area contributed by atoms with Crippen LogP contribution in [-0.4, -0.2) is 22.0 Å². The van der Waals surface area contributed by atoms with Crippen LogP contribution in [0.4, 0.5) is 0 Å². The van der Waals surface area contributed by atoms with Crippen molar-refractivity contribution in [3.63, 3.8) is 0 Å². The van der Waals surface area contributed by atoms with E-state index in [4.69, 9.17) is 16.3 Å². The summed E-state index contributed by atoms with van der Waals surface area (Å²) >= 11 is 5.91. The van der Waals surface area contributed by atoms with E-state index < -0.39 is 0 Å². The fourth-order valence-corrected chi connectivity index (χ4v) is 2.27. The maximum Gasteiger partial charge on any atom is 0.222 e. The van der Waals surface area contributed by atoms with Gasteiger partial charge < -0.3 is 9.84 Å². The zero-order valence-electron chi connectivity index (χ0n) is 12.1. The smallest absolute Gasteiger partial charge is 0.222 e. The van der Waals surface area contributed by atoms with Gasteiger partial charge in [-0.05, 0) is 24.3 Å². The van der Waals surface area contributed by atoms with Gasteiger partial charge in [0.25, 0.3) is 0 Å². The fourth-order valence-electron chi connectivity index (χ4n) is 2.15. The monoisotopic (exact) mass is 294 g/mol. The summed E-state index contributed by atoms with van der Waals surface area (Å²) in [6, 6.07) is 7.33. The van der Waals surface area contributed by atoms with Gasteiger partial charge in [0, 0.05) is 10.4 Å². The molecule has 0 radical (unpaired) electrons. The molecule has 0 atom stereocenters. The maximum absolute atomic E-state index is 9.64. The Morgan fingerprint density at radius 3 is 2.30 bits per heavy atom. The Labute approximate surface area is 123 Å². The number of aliphatic hydroxyl groups is 1. The van der Waals surface area contributed by atoms with E-state index in [2.05, 4.69) is 25.9 Å². The second-order valence-corrected chi connectivity index (χ2v) is 6.07. The minimum atomic E-state index is -0.178. The number of aromatic nitrogens is 2. The van der Waals surface area contributed by atoms with E-state index >= 15 is 0 Å². The van der Waals surface area contributed by atoms with Crippen LogP contribution in [0.15, 0.2) is 24.3 Å². The first kappa shape index (κ1) is 14.9. The molecular weight excluding hydrogens is 276 g/mol. The van der Waals surface area contributed by atoms with Crippen molar-refractivity contribution in [2.45, 2.75) is 32.8 Å². The van der Waals surface area contributed by atoms with Crippen LogP contribution in [0, 0.1) is 0 Å². The van der Waals surface area contributed by atoms with Crippen LogP contribution in [0.1, 0.15) is 32.0 Å². The maximum atomic E-state index is 9.64. The molecule has 0 unspecified atom stereocenters. The third-order valence-electron chi connectivity index (χ3n) is 3.07. The predicted molar refractivity (Wildman–Crippen MR) is 79.7 cm³/mol. The van der Waals surface area contributed by atoms with Gasteiger partial charge in [0.1, 0.15) is 0 Å². The van der Waals surface area contributed by atoms with Crippen molar-refractivity contribution >= 4 is 11.6 Å². The summed E-state index contributed by atoms with van der Waals surface area (Å²) in [7, 11) is 1.58. The molecule has 0 amide bonds. The molecule has 108 valence electrons. The minimum absolute atomic E-state index is 0.108. The molecule has 0 bridgehead atoms. The summed E-state index contributed by atoms with van der Waals surface area (Å²) in [6.45, 7) is 6.06. The van der Waals surface area contributed by atoms with Crippen molar-refractivity contribution in [1.82, 2.24) is 9.78 Å². The van der Waals surface area contributed by atoms with E-state index in [1.54, 1.807) is 23.9 Å². The zero-order chi connectivity index (χ0) is 14.9. The lowest BCUT2D eigenvalue weighted by Crippen LogP contribution is -2.15. The topological polar surface area (TPSA) is 47.3 Å². The number of rotatable bonds is 3. The number of ether oxygens (including phenoxy) is 1. The summed E-state index contributed by atoms with van der Waals surface area (Å²) < 4.78 is 7.13. The highest BCUT2D eigenvalue weighted by Gasteiger charge is 2.27.